The van der Waals surface area contributed by atoms with Crippen LogP contribution in [0.25, 0.3) is 0 Å². The average molecular weight is 516 g/mol. The number of aliphatic hydroxyl groups excluding tert-OH is 1. The molecule has 0 radical (unpaired) electrons. The molecule has 1 aromatic carbocycles. The van der Waals surface area contributed by atoms with Gasteiger partial charge < -0.3 is 23.8 Å². The number of rotatable bonds is 7. The van der Waals surface area contributed by atoms with Gasteiger partial charge in [0.15, 0.2) is 5.82 Å². The molecule has 11 heteroatoms. The number of ether oxygens (including phenoxy) is 1. The lowest BCUT2D eigenvalue weighted by atomic mass is 9.87. The van der Waals surface area contributed by atoms with Crippen molar-refractivity contribution >= 4 is 20.7 Å². The summed E-state index contributed by atoms with van der Waals surface area (Å²) < 4.78 is 23.0. The van der Waals surface area contributed by atoms with Crippen LogP contribution in [0, 0.1) is 6.92 Å². The van der Waals surface area contributed by atoms with Gasteiger partial charge in [-0.25, -0.2) is 14.5 Å². The highest BCUT2D eigenvalue weighted by Gasteiger charge is 2.56. The second-order valence-electron chi connectivity index (χ2n) is 9.96. The number of nitrogens with zero attached hydrogens (tertiary/aromatic N) is 5. The van der Waals surface area contributed by atoms with Gasteiger partial charge in [0.25, 0.3) is 8.53 Å². The van der Waals surface area contributed by atoms with Gasteiger partial charge in [0.05, 0.1) is 25.1 Å². The van der Waals surface area contributed by atoms with Crippen molar-refractivity contribution in [3.63, 3.8) is 0 Å². The molecule has 0 saturated carbocycles. The van der Waals surface area contributed by atoms with Crippen LogP contribution in [0.3, 0.4) is 0 Å². The summed E-state index contributed by atoms with van der Waals surface area (Å²) in [5, 5.41) is 10.1. The predicted molar refractivity (Wildman–Crippen MR) is 137 cm³/mol. The number of benzene rings is 1. The molecule has 1 unspecified atom stereocenters. The van der Waals surface area contributed by atoms with Crippen LogP contribution in [0.5, 0.6) is 0 Å². The summed E-state index contributed by atoms with van der Waals surface area (Å²) >= 11 is 0. The van der Waals surface area contributed by atoms with Gasteiger partial charge in [-0.05, 0) is 32.3 Å². The first-order valence-electron chi connectivity index (χ1n) is 12.3. The van der Waals surface area contributed by atoms with Crippen molar-refractivity contribution in [2.75, 3.05) is 27.2 Å². The van der Waals surface area contributed by atoms with E-state index in [0.29, 0.717) is 12.2 Å². The van der Waals surface area contributed by atoms with E-state index in [-0.39, 0.29) is 12.6 Å². The maximum atomic E-state index is 12.8. The minimum Gasteiger partial charge on any atom is -0.394 e. The molecule has 0 aliphatic carbocycles. The standard InChI is InChI=1S/C25H34N5O5P/c1-17-14-29(24(32)27-23(17)26-16-28(3)4)22-13-19(20(15-31)33-22)34-36-30-12-8-11-21(30)25(2,35-36)18-9-6-5-7-10-18/h5-7,9-10,14,16,19-22,31H,8,11-13,15H2,1-4H3/b26-16-/t19?,20-,21+,22-,25-,36+/m1/s1. The Bertz CT molecular complexity index is 1160. The maximum absolute atomic E-state index is 12.8. The molecule has 194 valence electrons. The zero-order valence-electron chi connectivity index (χ0n) is 21.1. The fraction of sp³-hybridized carbons (Fsp3) is 0.560. The summed E-state index contributed by atoms with van der Waals surface area (Å²) in [6.07, 6.45) is 4.29. The van der Waals surface area contributed by atoms with Crippen LogP contribution in [0.4, 0.5) is 5.82 Å². The van der Waals surface area contributed by atoms with Gasteiger partial charge in [-0.15, -0.1) is 0 Å². The minimum atomic E-state index is -1.34. The van der Waals surface area contributed by atoms with Crippen molar-refractivity contribution in [2.45, 2.75) is 63.2 Å². The number of aryl methyl sites for hydroxylation is 1. The van der Waals surface area contributed by atoms with Gasteiger partial charge in [0.1, 0.15) is 17.9 Å². The molecule has 3 fully saturated rings. The number of aromatic nitrogens is 2. The zero-order chi connectivity index (χ0) is 25.4. The van der Waals surface area contributed by atoms with Gasteiger partial charge in [0, 0.05) is 38.8 Å². The molecule has 2 aromatic rings. The van der Waals surface area contributed by atoms with Crippen molar-refractivity contribution in [1.29, 1.82) is 0 Å². The fourth-order valence-corrected chi connectivity index (χ4v) is 7.35. The van der Waals surface area contributed by atoms with Crippen LogP contribution in [-0.4, -0.2) is 76.1 Å². The summed E-state index contributed by atoms with van der Waals surface area (Å²) in [5.74, 6) is 0.373. The van der Waals surface area contributed by atoms with E-state index in [2.05, 4.69) is 33.7 Å². The zero-order valence-corrected chi connectivity index (χ0v) is 22.0. The first kappa shape index (κ1) is 25.4. The van der Waals surface area contributed by atoms with E-state index >= 15 is 0 Å². The third-order valence-corrected chi connectivity index (χ3v) is 8.98. The highest BCUT2D eigenvalue weighted by molar-refractivity contribution is 7.45. The van der Waals surface area contributed by atoms with Crippen LogP contribution in [0.2, 0.25) is 0 Å². The predicted octanol–water partition coefficient (Wildman–Crippen LogP) is 3.08. The van der Waals surface area contributed by atoms with Crippen molar-refractivity contribution in [1.82, 2.24) is 19.1 Å². The average Bonchev–Trinajstić information content (AvgIpc) is 3.57. The Hall–Kier alpha value is -2.20. The van der Waals surface area contributed by atoms with Crippen LogP contribution >= 0.6 is 8.53 Å². The van der Waals surface area contributed by atoms with E-state index in [1.165, 1.54) is 4.57 Å². The number of fused-ring (bicyclic) bond motifs is 1. The molecular formula is C25H34N5O5P. The van der Waals surface area contributed by atoms with E-state index in [4.69, 9.17) is 13.8 Å². The van der Waals surface area contributed by atoms with Crippen LogP contribution in [0.15, 0.2) is 46.3 Å². The third kappa shape index (κ3) is 4.74. The molecule has 0 spiro atoms. The molecule has 5 rings (SSSR count). The molecule has 6 atom stereocenters. The first-order chi connectivity index (χ1) is 17.3. The Morgan fingerprint density at radius 3 is 2.86 bits per heavy atom. The Morgan fingerprint density at radius 1 is 1.36 bits per heavy atom. The Kier molecular flexibility index (Phi) is 7.27. The summed E-state index contributed by atoms with van der Waals surface area (Å²) in [6.45, 7) is 4.70. The second-order valence-corrected chi connectivity index (χ2v) is 11.3. The molecule has 1 N–H and O–H groups in total. The van der Waals surface area contributed by atoms with Crippen LogP contribution < -0.4 is 5.69 Å². The summed E-state index contributed by atoms with van der Waals surface area (Å²) in [6, 6.07) is 10.5. The molecular weight excluding hydrogens is 481 g/mol. The summed E-state index contributed by atoms with van der Waals surface area (Å²) in [7, 11) is 2.36. The lowest BCUT2D eigenvalue weighted by Gasteiger charge is -2.29. The first-order valence-corrected chi connectivity index (χ1v) is 13.5. The van der Waals surface area contributed by atoms with Gasteiger partial charge in [0.2, 0.25) is 0 Å². The molecule has 3 aliphatic heterocycles. The van der Waals surface area contributed by atoms with Gasteiger partial charge >= 0.3 is 5.69 Å². The molecule has 3 aliphatic rings. The number of aliphatic hydroxyl groups is 1. The number of hydrogen-bond donors (Lipinski definition) is 1. The molecule has 1 aromatic heterocycles. The minimum absolute atomic E-state index is 0.212. The topological polar surface area (TPSA) is 102 Å². The van der Waals surface area contributed by atoms with E-state index < -0.39 is 38.3 Å². The number of hydrogen-bond acceptors (Lipinski definition) is 8. The Balaban J connectivity index is 1.34. The highest BCUT2D eigenvalue weighted by atomic mass is 31.2. The second kappa shape index (κ2) is 10.3. The molecule has 0 bridgehead atoms. The lowest BCUT2D eigenvalue weighted by molar-refractivity contribution is -0.0435. The van der Waals surface area contributed by atoms with E-state index in [1.54, 1.807) is 17.4 Å². The lowest BCUT2D eigenvalue weighted by Crippen LogP contribution is -2.36. The SMILES string of the molecule is Cc1cn([C@H]2CC(O[P@@]3O[C@](C)(c4ccccc4)[C@@H]4CCCN43)[C@@H](CO)O2)c(=O)nc1/N=C\N(C)C. The van der Waals surface area contributed by atoms with Crippen LogP contribution in [0.1, 0.15) is 43.5 Å². The van der Waals surface area contributed by atoms with E-state index in [1.807, 2.05) is 39.2 Å². The van der Waals surface area contributed by atoms with Gasteiger partial charge in [-0.2, -0.15) is 4.98 Å². The molecule has 4 heterocycles. The Morgan fingerprint density at radius 2 is 2.14 bits per heavy atom. The van der Waals surface area contributed by atoms with Crippen molar-refractivity contribution < 1.29 is 18.9 Å². The van der Waals surface area contributed by atoms with E-state index in [9.17, 15) is 9.90 Å². The summed E-state index contributed by atoms with van der Waals surface area (Å²) in [4.78, 5) is 23.0. The molecule has 0 amide bonds. The fourth-order valence-electron chi connectivity index (χ4n) is 5.21. The molecule has 36 heavy (non-hydrogen) atoms. The summed E-state index contributed by atoms with van der Waals surface area (Å²) in [5.41, 5.74) is 0.980. The normalized spacial score (nSPS) is 32.4. The number of aliphatic imine (C=N–C) groups is 1. The van der Waals surface area contributed by atoms with E-state index in [0.717, 1.165) is 30.5 Å². The third-order valence-electron chi connectivity index (χ3n) is 7.10. The van der Waals surface area contributed by atoms with Crippen molar-refractivity contribution in [3.05, 3.63) is 58.1 Å². The van der Waals surface area contributed by atoms with Crippen molar-refractivity contribution in [2.24, 2.45) is 4.99 Å². The highest BCUT2D eigenvalue weighted by Crippen LogP contribution is 2.63. The van der Waals surface area contributed by atoms with Crippen LogP contribution in [-0.2, 0) is 19.4 Å². The smallest absolute Gasteiger partial charge is 0.351 e. The Labute approximate surface area is 212 Å². The largest absolute Gasteiger partial charge is 0.394 e. The molecule has 3 saturated heterocycles. The monoisotopic (exact) mass is 515 g/mol. The van der Waals surface area contributed by atoms with Gasteiger partial charge in [-0.1, -0.05) is 30.3 Å². The van der Waals surface area contributed by atoms with Crippen molar-refractivity contribution in [3.8, 4) is 0 Å². The molecule has 10 nitrogen and oxygen atoms in total. The quantitative estimate of drug-likeness (QED) is 0.341. The van der Waals surface area contributed by atoms with Gasteiger partial charge in [-0.3, -0.25) is 4.57 Å². The maximum Gasteiger partial charge on any atom is 0.351 e.